The predicted octanol–water partition coefficient (Wildman–Crippen LogP) is 6.53. The first-order chi connectivity index (χ1) is 11.1. The standard InChI is InChI=1S/C24H30.Li/c1-16-11-17-9-8-10-21(22(17)12-16)18-13-19(23(2,3)4)15-20(14-18)24(5,6)7;/h8-10,12-15H,11H2,1-7H3;. The molecule has 0 atom stereocenters. The molecule has 0 saturated heterocycles. The van der Waals surface area contributed by atoms with Crippen molar-refractivity contribution in [3.8, 4) is 11.1 Å². The Hall–Kier alpha value is -1.22. The zero-order chi connectivity index (χ0) is 17.7. The van der Waals surface area contributed by atoms with Gasteiger partial charge < -0.3 is 0 Å². The van der Waals surface area contributed by atoms with Crippen molar-refractivity contribution in [2.75, 3.05) is 0 Å². The van der Waals surface area contributed by atoms with E-state index in [0.717, 1.165) is 6.42 Å². The van der Waals surface area contributed by atoms with Crippen LogP contribution in [0.5, 0.6) is 0 Å². The van der Waals surface area contributed by atoms with Gasteiger partial charge >= 0.3 is 0 Å². The van der Waals surface area contributed by atoms with Crippen molar-refractivity contribution >= 4 is 24.9 Å². The Morgan fingerprint density at radius 1 is 0.800 bits per heavy atom. The largest absolute Gasteiger partial charge is 0.0683 e. The van der Waals surface area contributed by atoms with Crippen LogP contribution in [-0.2, 0) is 17.3 Å². The summed E-state index contributed by atoms with van der Waals surface area (Å²) in [6, 6.07) is 13.9. The van der Waals surface area contributed by atoms with Crippen LogP contribution in [0.1, 0.15) is 70.7 Å². The Kier molecular flexibility index (Phi) is 5.49. The van der Waals surface area contributed by atoms with Crippen LogP contribution in [0.2, 0.25) is 0 Å². The molecule has 0 fully saturated rings. The van der Waals surface area contributed by atoms with Crippen molar-refractivity contribution in [2.24, 2.45) is 0 Å². The summed E-state index contributed by atoms with van der Waals surface area (Å²) in [5, 5.41) is 0. The second kappa shape index (κ2) is 6.83. The smallest absolute Gasteiger partial charge is 0 e. The van der Waals surface area contributed by atoms with Crippen LogP contribution in [0.15, 0.2) is 42.0 Å². The predicted molar refractivity (Wildman–Crippen MR) is 112 cm³/mol. The van der Waals surface area contributed by atoms with Gasteiger partial charge in [0, 0.05) is 18.9 Å². The summed E-state index contributed by atoms with van der Waals surface area (Å²) >= 11 is 0. The van der Waals surface area contributed by atoms with Crippen molar-refractivity contribution in [3.05, 3.63) is 64.2 Å². The zero-order valence-electron chi connectivity index (χ0n) is 17.2. The molecular formula is C24H30Li. The molecule has 0 spiro atoms. The van der Waals surface area contributed by atoms with Crippen LogP contribution in [-0.4, -0.2) is 18.9 Å². The molecule has 1 aliphatic rings. The van der Waals surface area contributed by atoms with Gasteiger partial charge in [-0.15, -0.1) is 0 Å². The molecule has 0 N–H and O–H groups in total. The molecule has 0 bridgehead atoms. The first-order valence-corrected chi connectivity index (χ1v) is 9.01. The summed E-state index contributed by atoms with van der Waals surface area (Å²) in [6.45, 7) is 16.1. The average molecular weight is 325 g/mol. The SMILES string of the molecule is CC1=Cc2c(cccc2-c2cc(C(C)(C)C)cc(C(C)(C)C)c2)C1.[Li]. The molecule has 1 radical (unpaired) electrons. The quantitative estimate of drug-likeness (QED) is 0.523. The molecule has 0 aromatic heterocycles. The van der Waals surface area contributed by atoms with E-state index in [2.05, 4.69) is 90.9 Å². The van der Waals surface area contributed by atoms with Gasteiger partial charge in [-0.25, -0.2) is 0 Å². The summed E-state index contributed by atoms with van der Waals surface area (Å²) in [5.74, 6) is 0. The number of benzene rings is 2. The van der Waals surface area contributed by atoms with Gasteiger partial charge in [-0.05, 0) is 57.6 Å². The van der Waals surface area contributed by atoms with E-state index in [9.17, 15) is 0 Å². The minimum Gasteiger partial charge on any atom is -0.0683 e. The number of rotatable bonds is 1. The van der Waals surface area contributed by atoms with Gasteiger partial charge in [0.1, 0.15) is 0 Å². The van der Waals surface area contributed by atoms with E-state index in [0.29, 0.717) is 0 Å². The van der Waals surface area contributed by atoms with E-state index >= 15 is 0 Å². The van der Waals surface area contributed by atoms with E-state index in [1.807, 2.05) is 0 Å². The van der Waals surface area contributed by atoms with E-state index in [1.165, 1.54) is 39.0 Å². The Morgan fingerprint density at radius 2 is 1.36 bits per heavy atom. The minimum absolute atomic E-state index is 0. The molecule has 25 heavy (non-hydrogen) atoms. The Morgan fingerprint density at radius 3 is 1.88 bits per heavy atom. The first-order valence-electron chi connectivity index (χ1n) is 9.01. The maximum absolute atomic E-state index is 2.40. The van der Waals surface area contributed by atoms with Crippen LogP contribution < -0.4 is 0 Å². The maximum atomic E-state index is 2.40. The molecule has 0 amide bonds. The topological polar surface area (TPSA) is 0 Å². The molecule has 1 aliphatic carbocycles. The van der Waals surface area contributed by atoms with Gasteiger partial charge in [-0.2, -0.15) is 0 Å². The molecule has 2 aromatic carbocycles. The van der Waals surface area contributed by atoms with Crippen LogP contribution in [0.3, 0.4) is 0 Å². The second-order valence-corrected chi connectivity index (χ2v) is 9.34. The number of hydrogen-bond donors (Lipinski definition) is 0. The molecule has 0 unspecified atom stereocenters. The molecule has 0 aliphatic heterocycles. The Labute approximate surface area is 165 Å². The van der Waals surface area contributed by atoms with Gasteiger partial charge in [-0.1, -0.05) is 89.6 Å². The fourth-order valence-corrected chi connectivity index (χ4v) is 3.44. The Bertz CT molecular complexity index is 779. The van der Waals surface area contributed by atoms with Crippen molar-refractivity contribution < 1.29 is 0 Å². The van der Waals surface area contributed by atoms with Gasteiger partial charge in [-0.3, -0.25) is 0 Å². The summed E-state index contributed by atoms with van der Waals surface area (Å²) in [5.41, 5.74) is 10.2. The van der Waals surface area contributed by atoms with Gasteiger partial charge in [0.05, 0.1) is 0 Å². The normalized spacial score (nSPS) is 14.0. The maximum Gasteiger partial charge on any atom is 0 e. The zero-order valence-corrected chi connectivity index (χ0v) is 17.2. The van der Waals surface area contributed by atoms with Crippen LogP contribution in [0.4, 0.5) is 0 Å². The third-order valence-corrected chi connectivity index (χ3v) is 5.03. The molecule has 2 aromatic rings. The molecule has 127 valence electrons. The van der Waals surface area contributed by atoms with Gasteiger partial charge in [0.25, 0.3) is 0 Å². The molecule has 0 nitrogen and oxygen atoms in total. The fraction of sp³-hybridized carbons (Fsp3) is 0.417. The summed E-state index contributed by atoms with van der Waals surface area (Å²) in [7, 11) is 0. The Balaban J connectivity index is 0.00000225. The van der Waals surface area contributed by atoms with Crippen molar-refractivity contribution in [2.45, 2.75) is 65.7 Å². The number of allylic oxidation sites excluding steroid dienone is 1. The van der Waals surface area contributed by atoms with Crippen molar-refractivity contribution in [1.82, 2.24) is 0 Å². The third-order valence-electron chi connectivity index (χ3n) is 5.03. The molecule has 0 saturated carbocycles. The second-order valence-electron chi connectivity index (χ2n) is 9.34. The van der Waals surface area contributed by atoms with E-state index in [-0.39, 0.29) is 29.7 Å². The van der Waals surface area contributed by atoms with Crippen LogP contribution >= 0.6 is 0 Å². The molecule has 0 heterocycles. The fourth-order valence-electron chi connectivity index (χ4n) is 3.44. The molecule has 3 rings (SSSR count). The summed E-state index contributed by atoms with van der Waals surface area (Å²) in [6.07, 6.45) is 3.46. The summed E-state index contributed by atoms with van der Waals surface area (Å²) < 4.78 is 0. The van der Waals surface area contributed by atoms with Crippen LogP contribution in [0, 0.1) is 0 Å². The minimum atomic E-state index is 0. The average Bonchev–Trinajstić information content (AvgIpc) is 2.84. The van der Waals surface area contributed by atoms with Crippen LogP contribution in [0.25, 0.3) is 17.2 Å². The number of fused-ring (bicyclic) bond motifs is 1. The van der Waals surface area contributed by atoms with Gasteiger partial charge in [0.2, 0.25) is 0 Å². The molecular weight excluding hydrogens is 295 g/mol. The monoisotopic (exact) mass is 325 g/mol. The first kappa shape index (κ1) is 20.1. The number of hydrogen-bond acceptors (Lipinski definition) is 0. The van der Waals surface area contributed by atoms with Gasteiger partial charge in [0.15, 0.2) is 0 Å². The van der Waals surface area contributed by atoms with Crippen molar-refractivity contribution in [1.29, 1.82) is 0 Å². The van der Waals surface area contributed by atoms with Crippen molar-refractivity contribution in [3.63, 3.8) is 0 Å². The molecule has 1 heteroatoms. The summed E-state index contributed by atoms with van der Waals surface area (Å²) in [4.78, 5) is 0. The van der Waals surface area contributed by atoms with E-state index in [4.69, 9.17) is 0 Å². The van der Waals surface area contributed by atoms with E-state index < -0.39 is 0 Å². The third kappa shape index (κ3) is 4.13. The van der Waals surface area contributed by atoms with E-state index in [1.54, 1.807) is 0 Å².